The molecular formula is C18H19N5O3S2. The van der Waals surface area contributed by atoms with Crippen LogP contribution in [-0.2, 0) is 11.3 Å². The minimum atomic E-state index is -0.00428. The topological polar surface area (TPSA) is 94.1 Å². The summed E-state index contributed by atoms with van der Waals surface area (Å²) < 4.78 is 7.57. The lowest BCUT2D eigenvalue weighted by Crippen LogP contribution is -2.23. The molecule has 1 fully saturated rings. The summed E-state index contributed by atoms with van der Waals surface area (Å²) in [6.45, 7) is 4.93. The number of likely N-dealkylation sites (tertiary alicyclic amines) is 1. The van der Waals surface area contributed by atoms with Gasteiger partial charge in [0, 0.05) is 41.5 Å². The van der Waals surface area contributed by atoms with Crippen molar-refractivity contribution in [3.63, 3.8) is 0 Å². The van der Waals surface area contributed by atoms with Crippen molar-refractivity contribution in [2.75, 3.05) is 12.3 Å². The predicted octanol–water partition coefficient (Wildman–Crippen LogP) is 3.03. The molecule has 3 aromatic rings. The molecule has 4 heterocycles. The quantitative estimate of drug-likeness (QED) is 0.431. The van der Waals surface area contributed by atoms with Crippen molar-refractivity contribution in [1.82, 2.24) is 24.6 Å². The first-order valence-corrected chi connectivity index (χ1v) is 10.7. The number of carbonyl (C=O) groups excluding carboxylic acids is 2. The van der Waals surface area contributed by atoms with Gasteiger partial charge in [0.25, 0.3) is 5.22 Å². The largest absolute Gasteiger partial charge is 0.414 e. The van der Waals surface area contributed by atoms with E-state index in [0.717, 1.165) is 29.5 Å². The molecule has 3 aromatic heterocycles. The summed E-state index contributed by atoms with van der Waals surface area (Å²) in [5.41, 5.74) is 2.51. The highest BCUT2D eigenvalue weighted by Crippen LogP contribution is 2.25. The average Bonchev–Trinajstić information content (AvgIpc) is 3.44. The standard InChI is InChI=1S/C18H19N5O3S2/c1-11-8-13(12(2)23(11)17-19-5-7-27-17)14(24)10-28-18-21-20-15(26-18)9-22-6-3-4-16(22)25/h5,7-8H,3-4,6,9-10H2,1-2H3. The molecule has 0 spiro atoms. The number of aryl methyl sites for hydroxylation is 1. The van der Waals surface area contributed by atoms with E-state index in [1.54, 1.807) is 11.1 Å². The number of carbonyl (C=O) groups is 2. The van der Waals surface area contributed by atoms with Gasteiger partial charge in [-0.3, -0.25) is 14.2 Å². The number of hydrogen-bond acceptors (Lipinski definition) is 8. The number of thioether (sulfide) groups is 1. The van der Waals surface area contributed by atoms with Crippen LogP contribution in [0.5, 0.6) is 0 Å². The number of ketones is 1. The number of amides is 1. The van der Waals surface area contributed by atoms with Gasteiger partial charge in [-0.25, -0.2) is 4.98 Å². The van der Waals surface area contributed by atoms with Crippen LogP contribution in [-0.4, -0.2) is 48.6 Å². The van der Waals surface area contributed by atoms with Crippen molar-refractivity contribution < 1.29 is 14.0 Å². The van der Waals surface area contributed by atoms with Crippen molar-refractivity contribution >= 4 is 34.8 Å². The minimum absolute atomic E-state index is 0.00428. The molecular weight excluding hydrogens is 398 g/mol. The van der Waals surface area contributed by atoms with Gasteiger partial charge in [0.1, 0.15) is 0 Å². The Morgan fingerprint density at radius 3 is 2.93 bits per heavy atom. The van der Waals surface area contributed by atoms with Crippen molar-refractivity contribution in [3.8, 4) is 5.13 Å². The fraction of sp³-hybridized carbons (Fsp3) is 0.389. The van der Waals surface area contributed by atoms with E-state index in [0.29, 0.717) is 29.6 Å². The van der Waals surface area contributed by atoms with Crippen LogP contribution in [0.15, 0.2) is 27.3 Å². The monoisotopic (exact) mass is 417 g/mol. The summed E-state index contributed by atoms with van der Waals surface area (Å²) in [4.78, 5) is 30.4. The molecule has 0 aliphatic carbocycles. The number of hydrogen-bond donors (Lipinski definition) is 0. The number of aromatic nitrogens is 4. The third-order valence-electron chi connectivity index (χ3n) is 4.61. The lowest BCUT2D eigenvalue weighted by atomic mass is 10.2. The van der Waals surface area contributed by atoms with Gasteiger partial charge in [0.05, 0.1) is 12.3 Å². The van der Waals surface area contributed by atoms with Crippen LogP contribution in [0.25, 0.3) is 5.13 Å². The molecule has 1 aliphatic heterocycles. The Kier molecular flexibility index (Phi) is 5.31. The number of thiazole rings is 1. The van der Waals surface area contributed by atoms with E-state index in [1.807, 2.05) is 29.9 Å². The van der Waals surface area contributed by atoms with Crippen molar-refractivity contribution in [3.05, 3.63) is 40.5 Å². The molecule has 10 heteroatoms. The van der Waals surface area contributed by atoms with Crippen molar-refractivity contribution in [2.24, 2.45) is 0 Å². The van der Waals surface area contributed by atoms with Crippen LogP contribution in [0, 0.1) is 13.8 Å². The first-order valence-electron chi connectivity index (χ1n) is 8.88. The second-order valence-electron chi connectivity index (χ2n) is 6.53. The Balaban J connectivity index is 1.40. The van der Waals surface area contributed by atoms with Crippen LogP contribution in [0.2, 0.25) is 0 Å². The molecule has 0 unspecified atom stereocenters. The fourth-order valence-electron chi connectivity index (χ4n) is 3.27. The zero-order valence-corrected chi connectivity index (χ0v) is 17.2. The van der Waals surface area contributed by atoms with E-state index in [9.17, 15) is 9.59 Å². The Morgan fingerprint density at radius 1 is 1.36 bits per heavy atom. The SMILES string of the molecule is Cc1cc(C(=O)CSc2nnc(CN3CCCC3=O)o2)c(C)n1-c1nccs1. The van der Waals surface area contributed by atoms with E-state index in [2.05, 4.69) is 15.2 Å². The molecule has 1 saturated heterocycles. The molecule has 146 valence electrons. The summed E-state index contributed by atoms with van der Waals surface area (Å²) in [5, 5.41) is 11.1. The molecule has 8 nitrogen and oxygen atoms in total. The molecule has 28 heavy (non-hydrogen) atoms. The maximum absolute atomic E-state index is 12.7. The zero-order valence-electron chi connectivity index (χ0n) is 15.5. The Bertz CT molecular complexity index is 1010. The summed E-state index contributed by atoms with van der Waals surface area (Å²) in [7, 11) is 0. The van der Waals surface area contributed by atoms with E-state index in [1.165, 1.54) is 23.1 Å². The molecule has 0 N–H and O–H groups in total. The normalized spacial score (nSPS) is 14.2. The van der Waals surface area contributed by atoms with Gasteiger partial charge in [-0.2, -0.15) is 0 Å². The Morgan fingerprint density at radius 2 is 2.21 bits per heavy atom. The fourth-order valence-corrected chi connectivity index (χ4v) is 4.68. The molecule has 4 rings (SSSR count). The van der Waals surface area contributed by atoms with E-state index in [-0.39, 0.29) is 17.4 Å². The Hall–Kier alpha value is -2.46. The van der Waals surface area contributed by atoms with Crippen molar-refractivity contribution in [2.45, 2.75) is 38.5 Å². The van der Waals surface area contributed by atoms with Gasteiger partial charge >= 0.3 is 0 Å². The predicted molar refractivity (Wildman–Crippen MR) is 105 cm³/mol. The van der Waals surface area contributed by atoms with E-state index >= 15 is 0 Å². The van der Waals surface area contributed by atoms with Crippen LogP contribution in [0.1, 0.15) is 40.5 Å². The van der Waals surface area contributed by atoms with Crippen LogP contribution in [0.4, 0.5) is 0 Å². The molecule has 0 bridgehead atoms. The lowest BCUT2D eigenvalue weighted by Gasteiger charge is -2.11. The van der Waals surface area contributed by atoms with Gasteiger partial charge in [0.2, 0.25) is 11.8 Å². The van der Waals surface area contributed by atoms with E-state index in [4.69, 9.17) is 4.42 Å². The summed E-state index contributed by atoms with van der Waals surface area (Å²) in [6, 6.07) is 1.89. The van der Waals surface area contributed by atoms with Gasteiger partial charge in [-0.1, -0.05) is 11.8 Å². The summed E-state index contributed by atoms with van der Waals surface area (Å²) in [5.74, 6) is 0.701. The highest BCUT2D eigenvalue weighted by molar-refractivity contribution is 7.99. The molecule has 0 saturated carbocycles. The van der Waals surface area contributed by atoms with Gasteiger partial charge in [-0.15, -0.1) is 21.5 Å². The summed E-state index contributed by atoms with van der Waals surface area (Å²) in [6.07, 6.45) is 3.19. The average molecular weight is 418 g/mol. The molecule has 0 atom stereocenters. The van der Waals surface area contributed by atoms with Crippen molar-refractivity contribution in [1.29, 1.82) is 0 Å². The maximum Gasteiger partial charge on any atom is 0.277 e. The molecule has 0 aromatic carbocycles. The van der Waals surface area contributed by atoms with Crippen LogP contribution < -0.4 is 0 Å². The lowest BCUT2D eigenvalue weighted by molar-refractivity contribution is -0.128. The summed E-state index contributed by atoms with van der Waals surface area (Å²) >= 11 is 2.74. The number of nitrogens with zero attached hydrogens (tertiary/aromatic N) is 5. The number of rotatable bonds is 7. The third-order valence-corrected chi connectivity index (χ3v) is 6.19. The second-order valence-corrected chi connectivity index (χ2v) is 8.33. The number of Topliss-reactive ketones (excluding diaryl/α,β-unsaturated/α-hetero) is 1. The van der Waals surface area contributed by atoms with E-state index < -0.39 is 0 Å². The smallest absolute Gasteiger partial charge is 0.277 e. The van der Waals surface area contributed by atoms with Crippen LogP contribution in [0.3, 0.4) is 0 Å². The first-order chi connectivity index (χ1) is 13.5. The molecule has 1 aliphatic rings. The van der Waals surface area contributed by atoms with Gasteiger partial charge in [-0.05, 0) is 26.3 Å². The maximum atomic E-state index is 12.7. The zero-order chi connectivity index (χ0) is 19.7. The molecule has 1 amide bonds. The third kappa shape index (κ3) is 3.74. The highest BCUT2D eigenvalue weighted by atomic mass is 32.2. The van der Waals surface area contributed by atoms with Gasteiger partial charge < -0.3 is 9.32 Å². The Labute approximate surface area is 170 Å². The first kappa shape index (κ1) is 18.9. The minimum Gasteiger partial charge on any atom is -0.414 e. The van der Waals surface area contributed by atoms with Gasteiger partial charge in [0.15, 0.2) is 10.9 Å². The highest BCUT2D eigenvalue weighted by Gasteiger charge is 2.23. The van der Waals surface area contributed by atoms with Crippen LogP contribution >= 0.6 is 23.1 Å². The molecule has 0 radical (unpaired) electrons. The second kappa shape index (κ2) is 7.88.